The number of hydrogen-bond donors (Lipinski definition) is 2. The van der Waals surface area contributed by atoms with E-state index in [0.717, 1.165) is 5.75 Å². The molecule has 0 spiro atoms. The van der Waals surface area contributed by atoms with Crippen molar-refractivity contribution in [1.82, 2.24) is 10.6 Å². The molecule has 1 rings (SSSR count). The summed E-state index contributed by atoms with van der Waals surface area (Å²) in [6.07, 6.45) is -0.401. The predicted molar refractivity (Wildman–Crippen MR) is 79.0 cm³/mol. The van der Waals surface area contributed by atoms with Crippen LogP contribution in [0.3, 0.4) is 0 Å². The van der Waals surface area contributed by atoms with E-state index >= 15 is 0 Å². The van der Waals surface area contributed by atoms with Crippen LogP contribution >= 0.6 is 0 Å². The average Bonchev–Trinajstić information content (AvgIpc) is 2.39. The molecular formula is C15H24N2O3. The Morgan fingerprint density at radius 3 is 2.40 bits per heavy atom. The van der Waals surface area contributed by atoms with Gasteiger partial charge >= 0.3 is 6.03 Å². The minimum absolute atomic E-state index is 0.270. The standard InChI is InChI=1S/C15H24N2O3/c1-11(2)13-5-7-14(8-6-13)20-12(3)17-15(18)16-9-10-19-4/h5-8,11-12H,9-10H2,1-4H3,(H2,16,17,18). The van der Waals surface area contributed by atoms with Gasteiger partial charge in [0.15, 0.2) is 6.23 Å². The van der Waals surface area contributed by atoms with Crippen molar-refractivity contribution in [2.24, 2.45) is 0 Å². The number of rotatable bonds is 7. The van der Waals surface area contributed by atoms with Gasteiger partial charge < -0.3 is 20.1 Å². The third kappa shape index (κ3) is 5.93. The maximum atomic E-state index is 11.5. The zero-order chi connectivity index (χ0) is 15.0. The van der Waals surface area contributed by atoms with E-state index in [9.17, 15) is 4.79 Å². The number of hydrogen-bond acceptors (Lipinski definition) is 3. The monoisotopic (exact) mass is 280 g/mol. The highest BCUT2D eigenvalue weighted by Gasteiger charge is 2.08. The number of amides is 2. The summed E-state index contributed by atoms with van der Waals surface area (Å²) in [6.45, 7) is 7.03. The lowest BCUT2D eigenvalue weighted by molar-refractivity contribution is 0.170. The summed E-state index contributed by atoms with van der Waals surface area (Å²) in [6, 6.07) is 7.62. The molecule has 0 saturated carbocycles. The van der Waals surface area contributed by atoms with Crippen LogP contribution in [0.5, 0.6) is 5.75 Å². The van der Waals surface area contributed by atoms with Crippen molar-refractivity contribution in [2.45, 2.75) is 32.9 Å². The Morgan fingerprint density at radius 1 is 1.20 bits per heavy atom. The average molecular weight is 280 g/mol. The normalized spacial score (nSPS) is 12.1. The maximum Gasteiger partial charge on any atom is 0.317 e. The molecule has 0 aromatic heterocycles. The Balaban J connectivity index is 2.37. The second kappa shape index (κ2) is 8.43. The number of carbonyl (C=O) groups excluding carboxylic acids is 1. The Kier molecular flexibility index (Phi) is 6.87. The predicted octanol–water partition coefficient (Wildman–Crippen LogP) is 2.48. The molecule has 1 atom stereocenters. The highest BCUT2D eigenvalue weighted by atomic mass is 16.5. The molecule has 1 aromatic carbocycles. The fourth-order valence-electron chi connectivity index (χ4n) is 1.67. The largest absolute Gasteiger partial charge is 0.471 e. The molecule has 1 unspecified atom stereocenters. The number of ether oxygens (including phenoxy) is 2. The van der Waals surface area contributed by atoms with E-state index < -0.39 is 6.23 Å². The third-order valence-corrected chi connectivity index (χ3v) is 2.79. The first kappa shape index (κ1) is 16.3. The van der Waals surface area contributed by atoms with E-state index in [0.29, 0.717) is 19.1 Å². The number of urea groups is 1. The molecule has 1 aromatic rings. The van der Waals surface area contributed by atoms with E-state index in [4.69, 9.17) is 9.47 Å². The summed E-state index contributed by atoms with van der Waals surface area (Å²) in [4.78, 5) is 11.5. The van der Waals surface area contributed by atoms with Crippen LogP contribution in [-0.4, -0.2) is 32.5 Å². The van der Waals surface area contributed by atoms with Gasteiger partial charge in [-0.25, -0.2) is 4.79 Å². The molecule has 20 heavy (non-hydrogen) atoms. The van der Waals surface area contributed by atoms with E-state index in [1.807, 2.05) is 24.3 Å². The quantitative estimate of drug-likeness (QED) is 0.596. The first-order valence-electron chi connectivity index (χ1n) is 6.83. The summed E-state index contributed by atoms with van der Waals surface area (Å²) in [5.41, 5.74) is 1.26. The molecule has 0 radical (unpaired) electrons. The van der Waals surface area contributed by atoms with Crippen molar-refractivity contribution in [2.75, 3.05) is 20.3 Å². The molecule has 5 heteroatoms. The SMILES string of the molecule is COCCNC(=O)NC(C)Oc1ccc(C(C)C)cc1. The van der Waals surface area contributed by atoms with Gasteiger partial charge in [0.2, 0.25) is 0 Å². The fourth-order valence-corrected chi connectivity index (χ4v) is 1.67. The van der Waals surface area contributed by atoms with Crippen LogP contribution in [0.15, 0.2) is 24.3 Å². The lowest BCUT2D eigenvalue weighted by Crippen LogP contribution is -2.44. The van der Waals surface area contributed by atoms with Crippen molar-refractivity contribution in [3.63, 3.8) is 0 Å². The molecule has 0 saturated heterocycles. The van der Waals surface area contributed by atoms with E-state index in [1.165, 1.54) is 5.56 Å². The van der Waals surface area contributed by atoms with E-state index in [2.05, 4.69) is 24.5 Å². The van der Waals surface area contributed by atoms with Crippen LogP contribution in [0.4, 0.5) is 4.79 Å². The fraction of sp³-hybridized carbons (Fsp3) is 0.533. The van der Waals surface area contributed by atoms with Gasteiger partial charge in [-0.3, -0.25) is 0 Å². The van der Waals surface area contributed by atoms with Gasteiger partial charge in [0.25, 0.3) is 0 Å². The van der Waals surface area contributed by atoms with Crippen LogP contribution in [0.25, 0.3) is 0 Å². The Hall–Kier alpha value is -1.75. The summed E-state index contributed by atoms with van der Waals surface area (Å²) in [5, 5.41) is 5.37. The number of methoxy groups -OCH3 is 1. The molecule has 2 amide bonds. The molecule has 0 aliphatic rings. The number of benzene rings is 1. The summed E-state index contributed by atoms with van der Waals surface area (Å²) in [5.74, 6) is 1.23. The van der Waals surface area contributed by atoms with Gasteiger partial charge in [-0.15, -0.1) is 0 Å². The van der Waals surface area contributed by atoms with E-state index in [-0.39, 0.29) is 6.03 Å². The van der Waals surface area contributed by atoms with Crippen LogP contribution in [0.1, 0.15) is 32.3 Å². The smallest absolute Gasteiger partial charge is 0.317 e. The summed E-state index contributed by atoms with van der Waals surface area (Å²) < 4.78 is 10.5. The molecular weight excluding hydrogens is 256 g/mol. The Labute approximate surface area is 120 Å². The summed E-state index contributed by atoms with van der Waals surface area (Å²) >= 11 is 0. The van der Waals surface area contributed by atoms with Crippen LogP contribution in [0.2, 0.25) is 0 Å². The van der Waals surface area contributed by atoms with E-state index in [1.54, 1.807) is 14.0 Å². The van der Waals surface area contributed by atoms with Crippen molar-refractivity contribution in [1.29, 1.82) is 0 Å². The van der Waals surface area contributed by atoms with Crippen LogP contribution < -0.4 is 15.4 Å². The summed E-state index contributed by atoms with van der Waals surface area (Å²) in [7, 11) is 1.59. The lowest BCUT2D eigenvalue weighted by atomic mass is 10.0. The van der Waals surface area contributed by atoms with Gasteiger partial charge in [0.1, 0.15) is 5.75 Å². The highest BCUT2D eigenvalue weighted by Crippen LogP contribution is 2.18. The molecule has 0 heterocycles. The molecule has 5 nitrogen and oxygen atoms in total. The molecule has 112 valence electrons. The Morgan fingerprint density at radius 2 is 1.85 bits per heavy atom. The maximum absolute atomic E-state index is 11.5. The van der Waals surface area contributed by atoms with Crippen molar-refractivity contribution in [3.05, 3.63) is 29.8 Å². The van der Waals surface area contributed by atoms with Gasteiger partial charge in [-0.05, 0) is 30.5 Å². The minimum atomic E-state index is -0.401. The first-order chi connectivity index (χ1) is 9.52. The molecule has 0 bridgehead atoms. The minimum Gasteiger partial charge on any atom is -0.471 e. The molecule has 0 fully saturated rings. The van der Waals surface area contributed by atoms with Gasteiger partial charge in [-0.1, -0.05) is 26.0 Å². The lowest BCUT2D eigenvalue weighted by Gasteiger charge is -2.17. The molecule has 2 N–H and O–H groups in total. The second-order valence-electron chi connectivity index (χ2n) is 4.88. The van der Waals surface area contributed by atoms with Gasteiger partial charge in [-0.2, -0.15) is 0 Å². The zero-order valence-corrected chi connectivity index (χ0v) is 12.6. The Bertz CT molecular complexity index is 404. The van der Waals surface area contributed by atoms with Crippen molar-refractivity contribution >= 4 is 6.03 Å². The molecule has 0 aliphatic heterocycles. The topological polar surface area (TPSA) is 59.6 Å². The third-order valence-electron chi connectivity index (χ3n) is 2.79. The van der Waals surface area contributed by atoms with Crippen LogP contribution in [0, 0.1) is 0 Å². The zero-order valence-electron chi connectivity index (χ0n) is 12.6. The highest BCUT2D eigenvalue weighted by molar-refractivity contribution is 5.73. The molecule has 0 aliphatic carbocycles. The second-order valence-corrected chi connectivity index (χ2v) is 4.88. The number of nitrogens with one attached hydrogen (secondary N) is 2. The van der Waals surface area contributed by atoms with Gasteiger partial charge in [0.05, 0.1) is 6.61 Å². The van der Waals surface area contributed by atoms with Crippen molar-refractivity contribution in [3.8, 4) is 5.75 Å². The number of carbonyl (C=O) groups is 1. The van der Waals surface area contributed by atoms with Gasteiger partial charge in [0, 0.05) is 13.7 Å². The first-order valence-corrected chi connectivity index (χ1v) is 6.83. The van der Waals surface area contributed by atoms with Crippen LogP contribution in [-0.2, 0) is 4.74 Å². The van der Waals surface area contributed by atoms with Crippen molar-refractivity contribution < 1.29 is 14.3 Å².